The van der Waals surface area contributed by atoms with Crippen molar-refractivity contribution >= 4 is 15.9 Å². The van der Waals surface area contributed by atoms with Crippen molar-refractivity contribution in [3.63, 3.8) is 0 Å². The summed E-state index contributed by atoms with van der Waals surface area (Å²) in [6, 6.07) is 0. The summed E-state index contributed by atoms with van der Waals surface area (Å²) < 4.78 is 29.2. The van der Waals surface area contributed by atoms with Gasteiger partial charge in [-0.3, -0.25) is 9.52 Å². The van der Waals surface area contributed by atoms with Crippen LogP contribution in [0.3, 0.4) is 0 Å². The van der Waals surface area contributed by atoms with E-state index < -0.39 is 21.2 Å². The second kappa shape index (κ2) is 6.76. The van der Waals surface area contributed by atoms with E-state index in [1.165, 1.54) is 13.8 Å². The van der Waals surface area contributed by atoms with Crippen LogP contribution in [0.4, 0.5) is 0 Å². The summed E-state index contributed by atoms with van der Waals surface area (Å²) in [5, 5.41) is 2.14. The van der Waals surface area contributed by atoms with Gasteiger partial charge in [0.1, 0.15) is 0 Å². The van der Waals surface area contributed by atoms with Gasteiger partial charge in [0.05, 0.1) is 18.4 Å². The SMILES string of the molecule is COCCNCC(=O)NS(=O)(=O)C(C)C. The Balaban J connectivity index is 3.85. The first-order valence-corrected chi connectivity index (χ1v) is 6.19. The van der Waals surface area contributed by atoms with Crippen molar-refractivity contribution in [3.8, 4) is 0 Å². The third-order valence-corrected chi connectivity index (χ3v) is 3.40. The molecule has 0 fully saturated rings. The number of nitrogens with one attached hydrogen (secondary N) is 2. The number of hydrogen-bond donors (Lipinski definition) is 2. The molecule has 0 aliphatic heterocycles. The molecule has 0 aliphatic carbocycles. The molecule has 6 nitrogen and oxygen atoms in total. The number of carbonyl (C=O) groups is 1. The highest BCUT2D eigenvalue weighted by molar-refractivity contribution is 7.90. The molecule has 7 heteroatoms. The van der Waals surface area contributed by atoms with E-state index in [9.17, 15) is 13.2 Å². The van der Waals surface area contributed by atoms with Gasteiger partial charge in [-0.25, -0.2) is 8.42 Å². The van der Waals surface area contributed by atoms with Gasteiger partial charge >= 0.3 is 0 Å². The van der Waals surface area contributed by atoms with Gasteiger partial charge in [-0.05, 0) is 13.8 Å². The van der Waals surface area contributed by atoms with Crippen LogP contribution in [0.15, 0.2) is 0 Å². The molecule has 0 aromatic carbocycles. The van der Waals surface area contributed by atoms with E-state index in [1.54, 1.807) is 7.11 Å². The minimum absolute atomic E-state index is 0.0324. The first-order chi connectivity index (χ1) is 6.90. The van der Waals surface area contributed by atoms with E-state index in [0.29, 0.717) is 13.2 Å². The summed E-state index contributed by atoms with van der Waals surface area (Å²) >= 11 is 0. The van der Waals surface area contributed by atoms with Crippen molar-refractivity contribution in [2.45, 2.75) is 19.1 Å². The lowest BCUT2D eigenvalue weighted by atomic mass is 10.6. The predicted molar refractivity (Wildman–Crippen MR) is 56.9 cm³/mol. The molecule has 0 bridgehead atoms. The zero-order valence-electron chi connectivity index (χ0n) is 9.24. The second-order valence-corrected chi connectivity index (χ2v) is 5.53. The molecule has 0 rings (SSSR count). The largest absolute Gasteiger partial charge is 0.383 e. The Bertz CT molecular complexity index is 287. The highest BCUT2D eigenvalue weighted by atomic mass is 32.2. The van der Waals surface area contributed by atoms with Crippen LogP contribution in [0.5, 0.6) is 0 Å². The van der Waals surface area contributed by atoms with Gasteiger partial charge < -0.3 is 10.1 Å². The number of rotatable bonds is 7. The van der Waals surface area contributed by atoms with Crippen LogP contribution >= 0.6 is 0 Å². The predicted octanol–water partition coefficient (Wildman–Crippen LogP) is -0.923. The van der Waals surface area contributed by atoms with E-state index in [2.05, 4.69) is 5.32 Å². The topological polar surface area (TPSA) is 84.5 Å². The Labute approximate surface area is 90.4 Å². The maximum Gasteiger partial charge on any atom is 0.247 e. The van der Waals surface area contributed by atoms with Crippen molar-refractivity contribution in [1.29, 1.82) is 0 Å². The lowest BCUT2D eigenvalue weighted by Gasteiger charge is -2.09. The van der Waals surface area contributed by atoms with Crippen molar-refractivity contribution in [2.75, 3.05) is 26.8 Å². The molecule has 0 radical (unpaired) electrons. The molecule has 0 atom stereocenters. The highest BCUT2D eigenvalue weighted by Gasteiger charge is 2.18. The van der Waals surface area contributed by atoms with Crippen molar-refractivity contribution in [1.82, 2.24) is 10.0 Å². The first kappa shape index (κ1) is 14.3. The molecule has 0 unspecified atom stereocenters. The summed E-state index contributed by atoms with van der Waals surface area (Å²) in [6.07, 6.45) is 0. The summed E-state index contributed by atoms with van der Waals surface area (Å²) in [5.74, 6) is -0.556. The number of hydrogen-bond acceptors (Lipinski definition) is 5. The average molecular weight is 238 g/mol. The number of amides is 1. The van der Waals surface area contributed by atoms with E-state index in [-0.39, 0.29) is 6.54 Å². The zero-order chi connectivity index (χ0) is 11.9. The minimum atomic E-state index is -3.51. The fraction of sp³-hybridized carbons (Fsp3) is 0.875. The number of sulfonamides is 1. The zero-order valence-corrected chi connectivity index (χ0v) is 10.1. The molecular weight excluding hydrogens is 220 g/mol. The van der Waals surface area contributed by atoms with E-state index >= 15 is 0 Å². The fourth-order valence-corrected chi connectivity index (χ4v) is 1.31. The van der Waals surface area contributed by atoms with Crippen LogP contribution in [0.25, 0.3) is 0 Å². The standard InChI is InChI=1S/C8H18N2O4S/c1-7(2)15(12,13)10-8(11)6-9-4-5-14-3/h7,9H,4-6H2,1-3H3,(H,10,11). The lowest BCUT2D eigenvalue weighted by Crippen LogP contribution is -2.41. The van der Waals surface area contributed by atoms with Gasteiger partial charge in [0, 0.05) is 13.7 Å². The van der Waals surface area contributed by atoms with Gasteiger partial charge in [0.15, 0.2) is 0 Å². The maximum atomic E-state index is 11.2. The van der Waals surface area contributed by atoms with Gasteiger partial charge in [-0.2, -0.15) is 0 Å². The third kappa shape index (κ3) is 6.43. The van der Waals surface area contributed by atoms with Crippen LogP contribution in [0.2, 0.25) is 0 Å². The van der Waals surface area contributed by atoms with E-state index in [4.69, 9.17) is 4.74 Å². The molecule has 15 heavy (non-hydrogen) atoms. The van der Waals surface area contributed by atoms with Gasteiger partial charge in [0.2, 0.25) is 15.9 Å². The summed E-state index contributed by atoms with van der Waals surface area (Å²) in [6.45, 7) is 3.97. The summed E-state index contributed by atoms with van der Waals surface area (Å²) in [5.41, 5.74) is 0. The van der Waals surface area contributed by atoms with E-state index in [0.717, 1.165) is 0 Å². The van der Waals surface area contributed by atoms with Crippen molar-refractivity contribution < 1.29 is 17.9 Å². The van der Waals surface area contributed by atoms with Crippen LogP contribution in [-0.4, -0.2) is 46.4 Å². The monoisotopic (exact) mass is 238 g/mol. The maximum absolute atomic E-state index is 11.2. The molecular formula is C8H18N2O4S. The Morgan fingerprint density at radius 2 is 2.00 bits per heavy atom. The van der Waals surface area contributed by atoms with Gasteiger partial charge in [-0.1, -0.05) is 0 Å². The molecule has 0 aromatic heterocycles. The highest BCUT2D eigenvalue weighted by Crippen LogP contribution is 1.94. The number of carbonyl (C=O) groups excluding carboxylic acids is 1. The fourth-order valence-electron chi connectivity index (χ4n) is 0.689. The molecule has 2 N–H and O–H groups in total. The Kier molecular flexibility index (Phi) is 6.46. The van der Waals surface area contributed by atoms with Crippen LogP contribution in [0.1, 0.15) is 13.8 Å². The smallest absolute Gasteiger partial charge is 0.247 e. The molecule has 0 spiro atoms. The van der Waals surface area contributed by atoms with E-state index in [1.807, 2.05) is 4.72 Å². The van der Waals surface area contributed by atoms with Crippen LogP contribution < -0.4 is 10.0 Å². The van der Waals surface area contributed by atoms with Crippen LogP contribution in [0, 0.1) is 0 Å². The second-order valence-electron chi connectivity index (χ2n) is 3.29. The number of ether oxygens (including phenoxy) is 1. The molecule has 90 valence electrons. The van der Waals surface area contributed by atoms with Crippen LogP contribution in [-0.2, 0) is 19.6 Å². The molecule has 1 amide bonds. The normalized spacial score (nSPS) is 11.7. The minimum Gasteiger partial charge on any atom is -0.383 e. The Morgan fingerprint density at radius 1 is 1.40 bits per heavy atom. The summed E-state index contributed by atoms with van der Waals surface area (Å²) in [7, 11) is -1.96. The van der Waals surface area contributed by atoms with Crippen molar-refractivity contribution in [3.05, 3.63) is 0 Å². The Morgan fingerprint density at radius 3 is 2.47 bits per heavy atom. The molecule has 0 aliphatic rings. The summed E-state index contributed by atoms with van der Waals surface area (Å²) in [4.78, 5) is 11.1. The lowest BCUT2D eigenvalue weighted by molar-refractivity contribution is -0.118. The average Bonchev–Trinajstić information content (AvgIpc) is 2.11. The molecule has 0 saturated heterocycles. The van der Waals surface area contributed by atoms with Gasteiger partial charge in [0.25, 0.3) is 0 Å². The molecule has 0 saturated carbocycles. The Hall–Kier alpha value is -0.660. The molecule has 0 heterocycles. The molecule has 0 aromatic rings. The third-order valence-electron chi connectivity index (χ3n) is 1.65. The van der Waals surface area contributed by atoms with Gasteiger partial charge in [-0.15, -0.1) is 0 Å². The quantitative estimate of drug-likeness (QED) is 0.560. The number of methoxy groups -OCH3 is 1. The first-order valence-electron chi connectivity index (χ1n) is 4.64. The van der Waals surface area contributed by atoms with Crippen molar-refractivity contribution in [2.24, 2.45) is 0 Å².